The van der Waals surface area contributed by atoms with Crippen LogP contribution in [0, 0.1) is 0 Å². The number of halogens is 1. The number of benzene rings is 2. The minimum absolute atomic E-state index is 0.281. The first-order valence-corrected chi connectivity index (χ1v) is 9.86. The predicted molar refractivity (Wildman–Crippen MR) is 111 cm³/mol. The number of carbonyl (C=O) groups excluding carboxylic acids is 1. The van der Waals surface area contributed by atoms with Crippen LogP contribution in [0.25, 0.3) is 0 Å². The summed E-state index contributed by atoms with van der Waals surface area (Å²) >= 11 is 3.48. The van der Waals surface area contributed by atoms with Crippen molar-refractivity contribution in [3.63, 3.8) is 0 Å². The molecular formula is C20H20BrN5O2. The van der Waals surface area contributed by atoms with Crippen molar-refractivity contribution in [2.75, 3.05) is 36.5 Å². The molecule has 1 aliphatic heterocycles. The molecule has 0 saturated carbocycles. The fourth-order valence-electron chi connectivity index (χ4n) is 3.12. The number of rotatable bonds is 5. The van der Waals surface area contributed by atoms with Gasteiger partial charge in [0.2, 0.25) is 0 Å². The Morgan fingerprint density at radius 1 is 1.14 bits per heavy atom. The summed E-state index contributed by atoms with van der Waals surface area (Å²) in [7, 11) is 0. The average Bonchev–Trinajstić information content (AvgIpc) is 3.18. The molecule has 1 fully saturated rings. The van der Waals surface area contributed by atoms with Crippen LogP contribution in [0.1, 0.15) is 16.1 Å². The molecule has 8 heteroatoms. The third-order valence-electron chi connectivity index (χ3n) is 4.52. The normalized spacial score (nSPS) is 14.1. The molecule has 1 amide bonds. The number of nitrogens with zero attached hydrogens (tertiary/aromatic N) is 4. The summed E-state index contributed by atoms with van der Waals surface area (Å²) in [6.45, 7) is 3.50. The van der Waals surface area contributed by atoms with Gasteiger partial charge in [0.05, 0.1) is 37.3 Å². The molecule has 0 atom stereocenters. The molecule has 1 saturated heterocycles. The van der Waals surface area contributed by atoms with E-state index < -0.39 is 0 Å². The highest BCUT2D eigenvalue weighted by Crippen LogP contribution is 2.30. The lowest BCUT2D eigenvalue weighted by Crippen LogP contribution is -2.36. The van der Waals surface area contributed by atoms with Gasteiger partial charge in [0.15, 0.2) is 5.69 Å². The van der Waals surface area contributed by atoms with Gasteiger partial charge in [-0.15, -0.1) is 5.10 Å². The van der Waals surface area contributed by atoms with Crippen molar-refractivity contribution in [3.05, 3.63) is 70.5 Å². The van der Waals surface area contributed by atoms with Gasteiger partial charge < -0.3 is 15.0 Å². The Kier molecular flexibility index (Phi) is 5.68. The Balaban J connectivity index is 1.50. The molecule has 28 heavy (non-hydrogen) atoms. The molecule has 3 aromatic rings. The van der Waals surface area contributed by atoms with E-state index in [2.05, 4.69) is 36.5 Å². The largest absolute Gasteiger partial charge is 0.378 e. The van der Waals surface area contributed by atoms with Gasteiger partial charge >= 0.3 is 0 Å². The molecule has 0 radical (unpaired) electrons. The number of carbonyl (C=O) groups is 1. The van der Waals surface area contributed by atoms with E-state index in [0.717, 1.165) is 34.5 Å². The number of aromatic nitrogens is 3. The van der Waals surface area contributed by atoms with Gasteiger partial charge in [0, 0.05) is 17.6 Å². The van der Waals surface area contributed by atoms with E-state index in [1.807, 2.05) is 48.5 Å². The average molecular weight is 442 g/mol. The maximum absolute atomic E-state index is 12.7. The molecule has 144 valence electrons. The molecule has 4 rings (SSSR count). The van der Waals surface area contributed by atoms with E-state index >= 15 is 0 Å². The lowest BCUT2D eigenvalue weighted by atomic mass is 10.2. The van der Waals surface area contributed by atoms with Crippen LogP contribution in [-0.4, -0.2) is 47.2 Å². The highest BCUT2D eigenvalue weighted by atomic mass is 79.9. The third kappa shape index (κ3) is 4.40. The van der Waals surface area contributed by atoms with Crippen LogP contribution >= 0.6 is 15.9 Å². The molecule has 7 nitrogen and oxygen atoms in total. The van der Waals surface area contributed by atoms with Crippen LogP contribution < -0.4 is 10.2 Å². The van der Waals surface area contributed by atoms with Crippen LogP contribution in [0.4, 0.5) is 11.4 Å². The monoisotopic (exact) mass is 441 g/mol. The lowest BCUT2D eigenvalue weighted by Gasteiger charge is -2.30. The number of ether oxygens (including phenoxy) is 1. The van der Waals surface area contributed by atoms with E-state index in [0.29, 0.717) is 19.8 Å². The standard InChI is InChI=1S/C20H20BrN5O2/c21-16-6-7-19(25-8-10-28-11-9-25)17(12-16)22-20(27)18-14-26(24-23-18)13-15-4-2-1-3-5-15/h1-7,12,14H,8-11,13H2,(H,22,27). The molecule has 0 aliphatic carbocycles. The lowest BCUT2D eigenvalue weighted by molar-refractivity contribution is 0.102. The second kappa shape index (κ2) is 8.53. The summed E-state index contributed by atoms with van der Waals surface area (Å²) < 4.78 is 7.98. The molecule has 2 heterocycles. The molecule has 0 spiro atoms. The fraction of sp³-hybridized carbons (Fsp3) is 0.250. The highest BCUT2D eigenvalue weighted by molar-refractivity contribution is 9.10. The maximum atomic E-state index is 12.7. The van der Waals surface area contributed by atoms with E-state index in [1.165, 1.54) is 0 Å². The Bertz CT molecular complexity index is 954. The van der Waals surface area contributed by atoms with Gasteiger partial charge in [-0.3, -0.25) is 4.79 Å². The number of morpholine rings is 1. The van der Waals surface area contributed by atoms with Crippen molar-refractivity contribution in [2.45, 2.75) is 6.54 Å². The van der Waals surface area contributed by atoms with Crippen LogP contribution in [0.15, 0.2) is 59.2 Å². The summed E-state index contributed by atoms with van der Waals surface area (Å²) in [6.07, 6.45) is 1.66. The maximum Gasteiger partial charge on any atom is 0.277 e. The topological polar surface area (TPSA) is 72.3 Å². The quantitative estimate of drug-likeness (QED) is 0.657. The molecule has 1 aliphatic rings. The molecule has 0 bridgehead atoms. The van der Waals surface area contributed by atoms with Crippen molar-refractivity contribution < 1.29 is 9.53 Å². The van der Waals surface area contributed by atoms with Gasteiger partial charge in [-0.2, -0.15) is 0 Å². The second-order valence-electron chi connectivity index (χ2n) is 6.50. The van der Waals surface area contributed by atoms with Crippen LogP contribution in [-0.2, 0) is 11.3 Å². The number of hydrogen-bond donors (Lipinski definition) is 1. The Hall–Kier alpha value is -2.71. The molecule has 1 N–H and O–H groups in total. The molecule has 1 aromatic heterocycles. The van der Waals surface area contributed by atoms with E-state index in [4.69, 9.17) is 4.74 Å². The third-order valence-corrected chi connectivity index (χ3v) is 5.01. The SMILES string of the molecule is O=C(Nc1cc(Br)ccc1N1CCOCC1)c1cn(Cc2ccccc2)nn1. The minimum Gasteiger partial charge on any atom is -0.378 e. The zero-order chi connectivity index (χ0) is 19.3. The molecular weight excluding hydrogens is 422 g/mol. The van der Waals surface area contributed by atoms with Crippen molar-refractivity contribution in [2.24, 2.45) is 0 Å². The zero-order valence-electron chi connectivity index (χ0n) is 15.2. The second-order valence-corrected chi connectivity index (χ2v) is 7.42. The van der Waals surface area contributed by atoms with Crippen molar-refractivity contribution in [3.8, 4) is 0 Å². The number of hydrogen-bond acceptors (Lipinski definition) is 5. The van der Waals surface area contributed by atoms with Gasteiger partial charge in [-0.25, -0.2) is 4.68 Å². The van der Waals surface area contributed by atoms with E-state index in [-0.39, 0.29) is 11.6 Å². The number of amides is 1. The predicted octanol–water partition coefficient (Wildman–Crippen LogP) is 3.18. The first kappa shape index (κ1) is 18.6. The Morgan fingerprint density at radius 3 is 2.71 bits per heavy atom. The molecule has 2 aromatic carbocycles. The fourth-order valence-corrected chi connectivity index (χ4v) is 3.49. The van der Waals surface area contributed by atoms with Gasteiger partial charge in [0.1, 0.15) is 0 Å². The zero-order valence-corrected chi connectivity index (χ0v) is 16.8. The van der Waals surface area contributed by atoms with Gasteiger partial charge in [0.25, 0.3) is 5.91 Å². The van der Waals surface area contributed by atoms with E-state index in [9.17, 15) is 4.79 Å². The minimum atomic E-state index is -0.285. The van der Waals surface area contributed by atoms with Crippen molar-refractivity contribution in [1.29, 1.82) is 0 Å². The van der Waals surface area contributed by atoms with Gasteiger partial charge in [-0.05, 0) is 23.8 Å². The summed E-state index contributed by atoms with van der Waals surface area (Å²) in [5.41, 5.74) is 3.08. The first-order valence-electron chi connectivity index (χ1n) is 9.07. The number of anilines is 2. The smallest absolute Gasteiger partial charge is 0.277 e. The van der Waals surface area contributed by atoms with Crippen molar-refractivity contribution in [1.82, 2.24) is 15.0 Å². The summed E-state index contributed by atoms with van der Waals surface area (Å²) in [6, 6.07) is 15.8. The van der Waals surface area contributed by atoms with Crippen molar-refractivity contribution >= 4 is 33.2 Å². The van der Waals surface area contributed by atoms with Crippen LogP contribution in [0.2, 0.25) is 0 Å². The first-order chi connectivity index (χ1) is 13.7. The van der Waals surface area contributed by atoms with E-state index in [1.54, 1.807) is 10.9 Å². The van der Waals surface area contributed by atoms with Crippen LogP contribution in [0.5, 0.6) is 0 Å². The van der Waals surface area contributed by atoms with Crippen LogP contribution in [0.3, 0.4) is 0 Å². The molecule has 0 unspecified atom stereocenters. The Labute approximate surface area is 171 Å². The summed E-state index contributed by atoms with van der Waals surface area (Å²) in [5.74, 6) is -0.285. The van der Waals surface area contributed by atoms with Gasteiger partial charge in [-0.1, -0.05) is 51.5 Å². The summed E-state index contributed by atoms with van der Waals surface area (Å²) in [5, 5.41) is 11.1. The Morgan fingerprint density at radius 2 is 1.93 bits per heavy atom. The highest BCUT2D eigenvalue weighted by Gasteiger charge is 2.18. The summed E-state index contributed by atoms with van der Waals surface area (Å²) in [4.78, 5) is 14.9. The number of nitrogens with one attached hydrogen (secondary N) is 1.